The Kier molecular flexibility index (Phi) is 4.15. The zero-order valence-electron chi connectivity index (χ0n) is 10.6. The van der Waals surface area contributed by atoms with Gasteiger partial charge in [0.15, 0.2) is 0 Å². The van der Waals surface area contributed by atoms with Crippen LogP contribution in [0.5, 0.6) is 5.75 Å². The molecule has 0 amide bonds. The zero-order chi connectivity index (χ0) is 14.7. The lowest BCUT2D eigenvalue weighted by Gasteiger charge is -2.14. The first-order valence-corrected chi connectivity index (χ1v) is 6.41. The van der Waals surface area contributed by atoms with Crippen LogP contribution >= 0.6 is 11.6 Å². The van der Waals surface area contributed by atoms with E-state index in [1.54, 1.807) is 36.4 Å². The highest BCUT2D eigenvalue weighted by Crippen LogP contribution is 2.28. The van der Waals surface area contributed by atoms with E-state index in [1.807, 2.05) is 0 Å². The summed E-state index contributed by atoms with van der Waals surface area (Å²) in [5.74, 6) is -1.69. The molecule has 1 atom stereocenters. The van der Waals surface area contributed by atoms with Gasteiger partial charge in [-0.25, -0.2) is 0 Å². The van der Waals surface area contributed by atoms with E-state index in [9.17, 15) is 15.0 Å². The molecule has 104 valence electrons. The normalized spacial score (nSPS) is 12.1. The third-order valence-electron chi connectivity index (χ3n) is 3.10. The summed E-state index contributed by atoms with van der Waals surface area (Å²) in [6.07, 6.45) is 0.158. The Balaban J connectivity index is 2.32. The standard InChI is InChI=1S/C15H14ClNO3/c16-11-3-6-14(18)10(7-11)8-13(15(19)20)9-1-4-12(17)5-2-9/h1-7,13,18H,8,17H2,(H,19,20). The summed E-state index contributed by atoms with van der Waals surface area (Å²) in [5, 5.41) is 19.6. The number of halogens is 1. The lowest BCUT2D eigenvalue weighted by molar-refractivity contribution is -0.138. The number of carboxylic acids is 1. The number of phenolic OH excluding ortho intramolecular Hbond substituents is 1. The van der Waals surface area contributed by atoms with E-state index in [4.69, 9.17) is 17.3 Å². The number of hydrogen-bond donors (Lipinski definition) is 3. The van der Waals surface area contributed by atoms with Crippen molar-refractivity contribution in [1.29, 1.82) is 0 Å². The maximum Gasteiger partial charge on any atom is 0.311 e. The van der Waals surface area contributed by atoms with Gasteiger partial charge in [0, 0.05) is 10.7 Å². The van der Waals surface area contributed by atoms with Gasteiger partial charge in [-0.2, -0.15) is 0 Å². The smallest absolute Gasteiger partial charge is 0.311 e. The largest absolute Gasteiger partial charge is 0.508 e. The minimum atomic E-state index is -0.964. The van der Waals surface area contributed by atoms with Crippen LogP contribution in [-0.4, -0.2) is 16.2 Å². The number of aliphatic carboxylic acids is 1. The summed E-state index contributed by atoms with van der Waals surface area (Å²) in [6, 6.07) is 11.3. The van der Waals surface area contributed by atoms with Gasteiger partial charge in [0.05, 0.1) is 5.92 Å². The molecular formula is C15H14ClNO3. The fourth-order valence-electron chi connectivity index (χ4n) is 2.01. The number of aromatic hydroxyl groups is 1. The van der Waals surface area contributed by atoms with Crippen molar-refractivity contribution in [3.05, 3.63) is 58.6 Å². The number of rotatable bonds is 4. The van der Waals surface area contributed by atoms with Crippen LogP contribution in [0.3, 0.4) is 0 Å². The van der Waals surface area contributed by atoms with E-state index in [2.05, 4.69) is 0 Å². The number of hydrogen-bond acceptors (Lipinski definition) is 3. The number of phenols is 1. The van der Waals surface area contributed by atoms with Gasteiger partial charge in [-0.1, -0.05) is 23.7 Å². The molecule has 1 unspecified atom stereocenters. The van der Waals surface area contributed by atoms with Crippen molar-refractivity contribution in [3.63, 3.8) is 0 Å². The van der Waals surface area contributed by atoms with Crippen LogP contribution < -0.4 is 5.73 Å². The van der Waals surface area contributed by atoms with Gasteiger partial charge in [-0.05, 0) is 47.9 Å². The highest BCUT2D eigenvalue weighted by atomic mass is 35.5. The van der Waals surface area contributed by atoms with Crippen molar-refractivity contribution in [2.24, 2.45) is 0 Å². The van der Waals surface area contributed by atoms with Crippen molar-refractivity contribution in [3.8, 4) is 5.75 Å². The highest BCUT2D eigenvalue weighted by Gasteiger charge is 2.21. The van der Waals surface area contributed by atoms with Crippen LogP contribution in [-0.2, 0) is 11.2 Å². The molecule has 2 rings (SSSR count). The minimum Gasteiger partial charge on any atom is -0.508 e. The van der Waals surface area contributed by atoms with Gasteiger partial charge in [0.2, 0.25) is 0 Å². The molecule has 4 nitrogen and oxygen atoms in total. The van der Waals surface area contributed by atoms with Crippen LogP contribution in [0.15, 0.2) is 42.5 Å². The maximum absolute atomic E-state index is 11.4. The predicted molar refractivity (Wildman–Crippen MR) is 78.1 cm³/mol. The van der Waals surface area contributed by atoms with E-state index in [0.29, 0.717) is 21.8 Å². The molecule has 0 aliphatic heterocycles. The monoisotopic (exact) mass is 291 g/mol. The molecule has 0 saturated heterocycles. The Bertz CT molecular complexity index is 626. The fourth-order valence-corrected chi connectivity index (χ4v) is 2.21. The Morgan fingerprint density at radius 2 is 1.85 bits per heavy atom. The van der Waals surface area contributed by atoms with Crippen LogP contribution in [0.1, 0.15) is 17.0 Å². The van der Waals surface area contributed by atoms with Crippen molar-refractivity contribution in [2.75, 3.05) is 5.73 Å². The maximum atomic E-state index is 11.4. The summed E-state index contributed by atoms with van der Waals surface area (Å²) in [4.78, 5) is 11.4. The minimum absolute atomic E-state index is 0.0381. The Hall–Kier alpha value is -2.20. The van der Waals surface area contributed by atoms with Crippen molar-refractivity contribution < 1.29 is 15.0 Å². The second-order valence-corrected chi connectivity index (χ2v) is 4.97. The molecule has 2 aromatic carbocycles. The molecule has 20 heavy (non-hydrogen) atoms. The molecule has 0 bridgehead atoms. The first-order valence-electron chi connectivity index (χ1n) is 6.03. The number of nitrogen functional groups attached to an aromatic ring is 1. The van der Waals surface area contributed by atoms with Crippen molar-refractivity contribution in [2.45, 2.75) is 12.3 Å². The van der Waals surface area contributed by atoms with Crippen LogP contribution in [0.4, 0.5) is 5.69 Å². The molecule has 0 heterocycles. The van der Waals surface area contributed by atoms with E-state index < -0.39 is 11.9 Å². The SMILES string of the molecule is Nc1ccc(C(Cc2cc(Cl)ccc2O)C(=O)O)cc1. The lowest BCUT2D eigenvalue weighted by atomic mass is 9.91. The zero-order valence-corrected chi connectivity index (χ0v) is 11.3. The average Bonchev–Trinajstić information content (AvgIpc) is 2.40. The molecule has 0 saturated carbocycles. The summed E-state index contributed by atoms with van der Waals surface area (Å²) in [7, 11) is 0. The second kappa shape index (κ2) is 5.84. The first-order chi connectivity index (χ1) is 9.47. The molecule has 2 aromatic rings. The Morgan fingerprint density at radius 1 is 1.20 bits per heavy atom. The van der Waals surface area contributed by atoms with Gasteiger partial charge in [0.1, 0.15) is 5.75 Å². The fraction of sp³-hybridized carbons (Fsp3) is 0.133. The molecule has 0 fully saturated rings. The second-order valence-electron chi connectivity index (χ2n) is 4.53. The lowest BCUT2D eigenvalue weighted by Crippen LogP contribution is -2.14. The highest BCUT2D eigenvalue weighted by molar-refractivity contribution is 6.30. The summed E-state index contributed by atoms with van der Waals surface area (Å²) >= 11 is 5.87. The van der Waals surface area contributed by atoms with Gasteiger partial charge >= 0.3 is 5.97 Å². The third-order valence-corrected chi connectivity index (χ3v) is 3.34. The predicted octanol–water partition coefficient (Wildman–Crippen LogP) is 3.04. The van der Waals surface area contributed by atoms with Crippen LogP contribution in [0.25, 0.3) is 0 Å². The van der Waals surface area contributed by atoms with E-state index in [-0.39, 0.29) is 12.2 Å². The number of carbonyl (C=O) groups is 1. The van der Waals surface area contributed by atoms with E-state index >= 15 is 0 Å². The van der Waals surface area contributed by atoms with Crippen molar-refractivity contribution in [1.82, 2.24) is 0 Å². The molecule has 5 heteroatoms. The molecule has 0 aliphatic carbocycles. The number of carboxylic acid groups (broad SMARTS) is 1. The average molecular weight is 292 g/mol. The molecule has 0 aromatic heterocycles. The first kappa shape index (κ1) is 14.2. The molecule has 4 N–H and O–H groups in total. The van der Waals surface area contributed by atoms with Gasteiger partial charge in [0.25, 0.3) is 0 Å². The summed E-state index contributed by atoms with van der Waals surface area (Å²) in [6.45, 7) is 0. The van der Waals surface area contributed by atoms with Crippen LogP contribution in [0.2, 0.25) is 5.02 Å². The Labute approximate surface area is 121 Å². The molecule has 0 radical (unpaired) electrons. The van der Waals surface area contributed by atoms with Gasteiger partial charge in [-0.3, -0.25) is 4.79 Å². The quantitative estimate of drug-likeness (QED) is 0.756. The molecule has 0 aliphatic rings. The van der Waals surface area contributed by atoms with Crippen molar-refractivity contribution >= 4 is 23.3 Å². The topological polar surface area (TPSA) is 83.5 Å². The number of anilines is 1. The van der Waals surface area contributed by atoms with E-state index in [0.717, 1.165) is 0 Å². The molecule has 0 spiro atoms. The van der Waals surface area contributed by atoms with Gasteiger partial charge in [-0.15, -0.1) is 0 Å². The summed E-state index contributed by atoms with van der Waals surface area (Å²) in [5.41, 5.74) is 7.30. The number of nitrogens with two attached hydrogens (primary N) is 1. The third kappa shape index (κ3) is 3.22. The van der Waals surface area contributed by atoms with Gasteiger partial charge < -0.3 is 15.9 Å². The van der Waals surface area contributed by atoms with E-state index in [1.165, 1.54) is 6.07 Å². The number of benzene rings is 2. The summed E-state index contributed by atoms with van der Waals surface area (Å²) < 4.78 is 0. The molecular weight excluding hydrogens is 278 g/mol. The Morgan fingerprint density at radius 3 is 2.45 bits per heavy atom. The van der Waals surface area contributed by atoms with Crippen LogP contribution in [0, 0.1) is 0 Å².